The number of nitrogens with two attached hydrogens (primary N) is 1. The summed E-state index contributed by atoms with van der Waals surface area (Å²) in [7, 11) is 0. The maximum absolute atomic E-state index is 6.52. The van der Waals surface area contributed by atoms with Gasteiger partial charge in [-0.1, -0.05) is 39.0 Å². The van der Waals surface area contributed by atoms with Crippen LogP contribution in [0.2, 0.25) is 0 Å². The summed E-state index contributed by atoms with van der Waals surface area (Å²) < 4.78 is 5.93. The number of benzene rings is 1. The van der Waals surface area contributed by atoms with Crippen molar-refractivity contribution in [3.8, 4) is 0 Å². The van der Waals surface area contributed by atoms with Gasteiger partial charge in [-0.3, -0.25) is 4.98 Å². The van der Waals surface area contributed by atoms with Gasteiger partial charge in [0.1, 0.15) is 0 Å². The molecule has 1 aromatic carbocycles. The van der Waals surface area contributed by atoms with Crippen molar-refractivity contribution in [3.63, 3.8) is 0 Å². The van der Waals surface area contributed by atoms with Gasteiger partial charge in [0, 0.05) is 18.2 Å². The van der Waals surface area contributed by atoms with Gasteiger partial charge in [-0.05, 0) is 30.0 Å². The molecule has 2 rings (SSSR count). The van der Waals surface area contributed by atoms with Crippen molar-refractivity contribution in [2.24, 2.45) is 11.1 Å². The molecule has 0 aliphatic rings. The van der Waals surface area contributed by atoms with Gasteiger partial charge in [0.05, 0.1) is 17.7 Å². The normalized spacial score (nSPS) is 15.2. The number of hydrogen-bond donors (Lipinski definition) is 1. The highest BCUT2D eigenvalue weighted by Crippen LogP contribution is 2.33. The van der Waals surface area contributed by atoms with E-state index in [1.54, 1.807) is 6.20 Å². The quantitative estimate of drug-likeness (QED) is 0.923. The van der Waals surface area contributed by atoms with Crippen LogP contribution < -0.4 is 5.73 Å². The molecule has 1 aromatic heterocycles. The summed E-state index contributed by atoms with van der Waals surface area (Å²) in [6.07, 6.45) is 1.78. The van der Waals surface area contributed by atoms with E-state index in [0.29, 0.717) is 6.61 Å². The molecule has 2 aromatic rings. The van der Waals surface area contributed by atoms with E-state index in [1.807, 2.05) is 25.1 Å². The van der Waals surface area contributed by atoms with Crippen LogP contribution in [0.5, 0.6) is 0 Å². The Labute approximate surface area is 121 Å². The molecule has 0 spiro atoms. The minimum atomic E-state index is -0.164. The SMILES string of the molecule is CCOC(C(N)c1cccc2ncccc12)C(C)(C)C. The molecule has 0 aliphatic carbocycles. The molecule has 0 radical (unpaired) electrons. The van der Waals surface area contributed by atoms with Crippen molar-refractivity contribution in [2.45, 2.75) is 39.8 Å². The van der Waals surface area contributed by atoms with Crippen LogP contribution in [0, 0.1) is 5.41 Å². The highest BCUT2D eigenvalue weighted by molar-refractivity contribution is 5.82. The predicted octanol–water partition coefficient (Wildman–Crippen LogP) is 3.69. The molecule has 0 bridgehead atoms. The van der Waals surface area contributed by atoms with Gasteiger partial charge in [-0.2, -0.15) is 0 Å². The number of pyridine rings is 1. The van der Waals surface area contributed by atoms with E-state index in [1.165, 1.54) is 0 Å². The summed E-state index contributed by atoms with van der Waals surface area (Å²) in [6, 6.07) is 9.96. The Morgan fingerprint density at radius 2 is 1.95 bits per heavy atom. The lowest BCUT2D eigenvalue weighted by atomic mass is 9.81. The van der Waals surface area contributed by atoms with Gasteiger partial charge in [-0.15, -0.1) is 0 Å². The highest BCUT2D eigenvalue weighted by Gasteiger charge is 2.32. The van der Waals surface area contributed by atoms with Crippen molar-refractivity contribution in [3.05, 3.63) is 42.1 Å². The summed E-state index contributed by atoms with van der Waals surface area (Å²) in [5.41, 5.74) is 8.59. The zero-order valence-corrected chi connectivity index (χ0v) is 12.8. The Morgan fingerprint density at radius 3 is 2.60 bits per heavy atom. The van der Waals surface area contributed by atoms with Gasteiger partial charge in [-0.25, -0.2) is 0 Å². The Bertz CT molecular complexity index is 569. The van der Waals surface area contributed by atoms with E-state index in [0.717, 1.165) is 16.5 Å². The van der Waals surface area contributed by atoms with Gasteiger partial charge in [0.2, 0.25) is 0 Å². The first kappa shape index (κ1) is 14.9. The molecule has 0 fully saturated rings. The molecule has 108 valence electrons. The first-order chi connectivity index (χ1) is 9.45. The van der Waals surface area contributed by atoms with Gasteiger partial charge >= 0.3 is 0 Å². The van der Waals surface area contributed by atoms with Crippen molar-refractivity contribution in [2.75, 3.05) is 6.61 Å². The molecule has 2 N–H and O–H groups in total. The van der Waals surface area contributed by atoms with Crippen LogP contribution in [0.25, 0.3) is 10.9 Å². The van der Waals surface area contributed by atoms with Crippen LogP contribution >= 0.6 is 0 Å². The predicted molar refractivity (Wildman–Crippen MR) is 83.5 cm³/mol. The first-order valence-electron chi connectivity index (χ1n) is 7.16. The molecular weight excluding hydrogens is 248 g/mol. The van der Waals surface area contributed by atoms with Crippen molar-refractivity contribution in [1.82, 2.24) is 4.98 Å². The number of aromatic nitrogens is 1. The molecule has 0 saturated carbocycles. The number of fused-ring (bicyclic) bond motifs is 1. The van der Waals surface area contributed by atoms with E-state index in [2.05, 4.69) is 37.9 Å². The Hall–Kier alpha value is -1.45. The molecule has 2 unspecified atom stereocenters. The molecular formula is C17H24N2O. The maximum atomic E-state index is 6.52. The van der Waals surface area contributed by atoms with E-state index in [-0.39, 0.29) is 17.6 Å². The Morgan fingerprint density at radius 1 is 1.20 bits per heavy atom. The van der Waals surface area contributed by atoms with E-state index in [9.17, 15) is 0 Å². The Balaban J connectivity index is 2.46. The lowest BCUT2D eigenvalue weighted by molar-refractivity contribution is -0.0280. The molecule has 2 atom stereocenters. The maximum Gasteiger partial charge on any atom is 0.0815 e. The van der Waals surface area contributed by atoms with Crippen LogP contribution in [0.3, 0.4) is 0 Å². The fraction of sp³-hybridized carbons (Fsp3) is 0.471. The smallest absolute Gasteiger partial charge is 0.0815 e. The van der Waals surface area contributed by atoms with Gasteiger partial charge in [0.25, 0.3) is 0 Å². The number of nitrogens with zero attached hydrogens (tertiary/aromatic N) is 1. The molecule has 20 heavy (non-hydrogen) atoms. The van der Waals surface area contributed by atoms with Gasteiger partial charge < -0.3 is 10.5 Å². The van der Waals surface area contributed by atoms with Crippen LogP contribution in [0.1, 0.15) is 39.3 Å². The second kappa shape index (κ2) is 5.90. The molecule has 0 saturated heterocycles. The van der Waals surface area contributed by atoms with Crippen molar-refractivity contribution < 1.29 is 4.74 Å². The van der Waals surface area contributed by atoms with E-state index in [4.69, 9.17) is 10.5 Å². The number of hydrogen-bond acceptors (Lipinski definition) is 3. The second-order valence-electron chi connectivity index (χ2n) is 6.19. The minimum absolute atomic E-state index is 0.0141. The summed E-state index contributed by atoms with van der Waals surface area (Å²) in [4.78, 5) is 4.40. The molecule has 0 aliphatic heterocycles. The zero-order chi connectivity index (χ0) is 14.8. The standard InChI is InChI=1S/C17H24N2O/c1-5-20-16(17(2,3)4)15(18)13-8-6-10-14-12(13)9-7-11-19-14/h6-11,15-16H,5,18H2,1-4H3. The summed E-state index contributed by atoms with van der Waals surface area (Å²) >= 11 is 0. The third-order valence-electron chi connectivity index (χ3n) is 3.56. The number of rotatable bonds is 4. The Kier molecular flexibility index (Phi) is 4.41. The number of ether oxygens (including phenoxy) is 1. The average Bonchev–Trinajstić information content (AvgIpc) is 2.42. The summed E-state index contributed by atoms with van der Waals surface area (Å²) in [6.45, 7) is 9.17. The molecule has 0 amide bonds. The van der Waals surface area contributed by atoms with Crippen LogP contribution in [-0.4, -0.2) is 17.7 Å². The van der Waals surface area contributed by atoms with Crippen LogP contribution in [-0.2, 0) is 4.74 Å². The zero-order valence-electron chi connectivity index (χ0n) is 12.8. The van der Waals surface area contributed by atoms with Gasteiger partial charge in [0.15, 0.2) is 0 Å². The molecule has 3 nitrogen and oxygen atoms in total. The van der Waals surface area contributed by atoms with E-state index < -0.39 is 0 Å². The topological polar surface area (TPSA) is 48.1 Å². The monoisotopic (exact) mass is 272 g/mol. The molecule has 1 heterocycles. The lowest BCUT2D eigenvalue weighted by Gasteiger charge is -2.35. The third-order valence-corrected chi connectivity index (χ3v) is 3.56. The summed E-state index contributed by atoms with van der Waals surface area (Å²) in [5, 5.41) is 1.11. The van der Waals surface area contributed by atoms with Crippen LogP contribution in [0.15, 0.2) is 36.5 Å². The third kappa shape index (κ3) is 3.00. The van der Waals surface area contributed by atoms with E-state index >= 15 is 0 Å². The summed E-state index contributed by atoms with van der Waals surface area (Å²) in [5.74, 6) is 0. The first-order valence-corrected chi connectivity index (χ1v) is 7.16. The fourth-order valence-electron chi connectivity index (χ4n) is 2.65. The highest BCUT2D eigenvalue weighted by atomic mass is 16.5. The van der Waals surface area contributed by atoms with Crippen molar-refractivity contribution in [1.29, 1.82) is 0 Å². The fourth-order valence-corrected chi connectivity index (χ4v) is 2.65. The average molecular weight is 272 g/mol. The van der Waals surface area contributed by atoms with Crippen molar-refractivity contribution >= 4 is 10.9 Å². The molecule has 3 heteroatoms. The van der Waals surface area contributed by atoms with Crippen LogP contribution in [0.4, 0.5) is 0 Å². The second-order valence-corrected chi connectivity index (χ2v) is 6.19. The minimum Gasteiger partial charge on any atom is -0.376 e. The lowest BCUT2D eigenvalue weighted by Crippen LogP contribution is -2.39. The largest absolute Gasteiger partial charge is 0.376 e.